The van der Waals surface area contributed by atoms with Crippen LogP contribution in [0.5, 0.6) is 0 Å². The largest absolute Gasteiger partial charge is 0.384 e. The fourth-order valence-electron chi connectivity index (χ4n) is 2.05. The summed E-state index contributed by atoms with van der Waals surface area (Å²) in [5.41, 5.74) is -1.09. The van der Waals surface area contributed by atoms with Gasteiger partial charge in [0, 0.05) is 12.6 Å². The number of nitrogens with zero attached hydrogens (tertiary/aromatic N) is 2. The normalized spacial score (nSPS) is 13.4. The van der Waals surface area contributed by atoms with Crippen LogP contribution in [0.4, 0.5) is 4.39 Å². The van der Waals surface area contributed by atoms with E-state index < -0.39 is 17.3 Å². The summed E-state index contributed by atoms with van der Waals surface area (Å²) in [6.45, 7) is 3.54. The molecule has 1 unspecified atom stereocenters. The predicted octanol–water partition coefficient (Wildman–Crippen LogP) is 1.04. The summed E-state index contributed by atoms with van der Waals surface area (Å²) in [6.07, 6.45) is 0. The summed E-state index contributed by atoms with van der Waals surface area (Å²) in [5, 5.41) is 16.9. The first-order chi connectivity index (χ1) is 10.8. The third-order valence-electron chi connectivity index (χ3n) is 3.46. The second kappa shape index (κ2) is 6.70. The molecule has 1 heterocycles. The zero-order chi connectivity index (χ0) is 17.0. The highest BCUT2D eigenvalue weighted by Gasteiger charge is 2.24. The van der Waals surface area contributed by atoms with Crippen molar-refractivity contribution in [3.8, 4) is 0 Å². The summed E-state index contributed by atoms with van der Waals surface area (Å²) in [5.74, 6) is -0.908. The lowest BCUT2D eigenvalue weighted by Crippen LogP contribution is -2.39. The van der Waals surface area contributed by atoms with Crippen LogP contribution in [0.25, 0.3) is 0 Å². The molecule has 0 bridgehead atoms. The molecule has 0 fully saturated rings. The van der Waals surface area contributed by atoms with Crippen molar-refractivity contribution in [2.45, 2.75) is 26.0 Å². The number of halogens is 1. The number of amides is 1. The number of rotatable bonds is 5. The molecule has 122 valence electrons. The monoisotopic (exact) mass is 319 g/mol. The summed E-state index contributed by atoms with van der Waals surface area (Å²) in [7, 11) is 0. The second-order valence-corrected chi connectivity index (χ2v) is 5.34. The molecular formula is C16H18FN3O3. The Morgan fingerprint density at radius 2 is 1.96 bits per heavy atom. The summed E-state index contributed by atoms with van der Waals surface area (Å²) >= 11 is 0. The topological polar surface area (TPSA) is 84.2 Å². The number of hydrogen-bond acceptors (Lipinski definition) is 4. The molecule has 0 aliphatic heterocycles. The van der Waals surface area contributed by atoms with Gasteiger partial charge in [-0.25, -0.2) is 9.07 Å². The van der Waals surface area contributed by atoms with Crippen molar-refractivity contribution in [1.82, 2.24) is 15.1 Å². The van der Waals surface area contributed by atoms with Gasteiger partial charge in [0.25, 0.3) is 11.5 Å². The summed E-state index contributed by atoms with van der Waals surface area (Å²) < 4.78 is 14.1. The van der Waals surface area contributed by atoms with Crippen molar-refractivity contribution in [3.63, 3.8) is 0 Å². The van der Waals surface area contributed by atoms with E-state index in [-0.39, 0.29) is 17.8 Å². The van der Waals surface area contributed by atoms with Crippen LogP contribution in [0.3, 0.4) is 0 Å². The van der Waals surface area contributed by atoms with Gasteiger partial charge >= 0.3 is 0 Å². The SMILES string of the molecule is CCn1nc(C(=O)NCC(C)(O)c2ccc(F)cc2)ccc1=O. The minimum atomic E-state index is -1.36. The predicted molar refractivity (Wildman–Crippen MR) is 82.5 cm³/mol. The molecule has 0 aliphatic carbocycles. The van der Waals surface area contributed by atoms with E-state index in [9.17, 15) is 19.1 Å². The van der Waals surface area contributed by atoms with E-state index in [0.717, 1.165) is 0 Å². The molecule has 0 saturated carbocycles. The molecule has 1 aromatic carbocycles. The Bertz CT molecular complexity index is 754. The molecule has 2 rings (SSSR count). The molecule has 6 nitrogen and oxygen atoms in total. The molecule has 1 aromatic heterocycles. The molecule has 1 atom stereocenters. The third-order valence-corrected chi connectivity index (χ3v) is 3.46. The van der Waals surface area contributed by atoms with Gasteiger partial charge in [0.05, 0.1) is 6.54 Å². The van der Waals surface area contributed by atoms with Crippen molar-refractivity contribution >= 4 is 5.91 Å². The number of aryl methyl sites for hydroxylation is 1. The van der Waals surface area contributed by atoms with Crippen LogP contribution in [0.2, 0.25) is 0 Å². The van der Waals surface area contributed by atoms with Gasteiger partial charge in [0.15, 0.2) is 0 Å². The lowest BCUT2D eigenvalue weighted by Gasteiger charge is -2.24. The fraction of sp³-hybridized carbons (Fsp3) is 0.312. The molecule has 2 N–H and O–H groups in total. The first-order valence-corrected chi connectivity index (χ1v) is 7.18. The van der Waals surface area contributed by atoms with Crippen LogP contribution in [-0.4, -0.2) is 27.3 Å². The third kappa shape index (κ3) is 4.01. The van der Waals surface area contributed by atoms with Crippen molar-refractivity contribution in [2.24, 2.45) is 0 Å². The molecule has 0 spiro atoms. The highest BCUT2D eigenvalue weighted by molar-refractivity contribution is 5.92. The second-order valence-electron chi connectivity index (χ2n) is 5.34. The minimum absolute atomic E-state index is 0.0790. The lowest BCUT2D eigenvalue weighted by molar-refractivity contribution is 0.0524. The van der Waals surface area contributed by atoms with Gasteiger partial charge in [-0.2, -0.15) is 5.10 Å². The summed E-state index contributed by atoms with van der Waals surface area (Å²) in [4.78, 5) is 23.5. The Morgan fingerprint density at radius 1 is 1.30 bits per heavy atom. The van der Waals surface area contributed by atoms with E-state index in [1.165, 1.54) is 48.0 Å². The Balaban J connectivity index is 2.08. The Labute approximate surface area is 132 Å². The van der Waals surface area contributed by atoms with Gasteiger partial charge in [-0.1, -0.05) is 12.1 Å². The molecule has 2 aromatic rings. The Kier molecular flexibility index (Phi) is 4.90. The molecule has 7 heteroatoms. The van der Waals surface area contributed by atoms with Crippen molar-refractivity contribution in [1.29, 1.82) is 0 Å². The van der Waals surface area contributed by atoms with E-state index in [2.05, 4.69) is 10.4 Å². The van der Waals surface area contributed by atoms with Crippen LogP contribution in [0, 0.1) is 5.82 Å². The van der Waals surface area contributed by atoms with Gasteiger partial charge in [-0.05, 0) is 37.6 Å². The zero-order valence-electron chi connectivity index (χ0n) is 12.9. The van der Waals surface area contributed by atoms with Gasteiger partial charge < -0.3 is 10.4 Å². The number of hydrogen-bond donors (Lipinski definition) is 2. The van der Waals surface area contributed by atoms with Crippen molar-refractivity contribution in [2.75, 3.05) is 6.54 Å². The average Bonchev–Trinajstić information content (AvgIpc) is 2.53. The maximum absolute atomic E-state index is 12.9. The number of benzene rings is 1. The zero-order valence-corrected chi connectivity index (χ0v) is 12.9. The summed E-state index contributed by atoms with van der Waals surface area (Å²) in [6, 6.07) is 7.99. The van der Waals surface area contributed by atoms with Crippen LogP contribution in [0.15, 0.2) is 41.2 Å². The standard InChI is InChI=1S/C16H18FN3O3/c1-3-20-14(21)9-8-13(19-20)15(22)18-10-16(2,23)11-4-6-12(17)7-5-11/h4-9,23H,3,10H2,1-2H3,(H,18,22). The maximum Gasteiger partial charge on any atom is 0.271 e. The minimum Gasteiger partial charge on any atom is -0.384 e. The highest BCUT2D eigenvalue weighted by Crippen LogP contribution is 2.19. The van der Waals surface area contributed by atoms with E-state index in [1.54, 1.807) is 6.92 Å². The Morgan fingerprint density at radius 3 is 2.57 bits per heavy atom. The molecule has 1 amide bonds. The van der Waals surface area contributed by atoms with E-state index >= 15 is 0 Å². The highest BCUT2D eigenvalue weighted by atomic mass is 19.1. The number of carbonyl (C=O) groups excluding carboxylic acids is 1. The van der Waals surface area contributed by atoms with Crippen LogP contribution in [-0.2, 0) is 12.1 Å². The van der Waals surface area contributed by atoms with Crippen LogP contribution >= 0.6 is 0 Å². The molecular weight excluding hydrogens is 301 g/mol. The number of carbonyl (C=O) groups is 1. The molecule has 0 aliphatic rings. The van der Waals surface area contributed by atoms with Crippen LogP contribution < -0.4 is 10.9 Å². The van der Waals surface area contributed by atoms with Crippen molar-refractivity contribution in [3.05, 3.63) is 63.8 Å². The Hall–Kier alpha value is -2.54. The van der Waals surface area contributed by atoms with Gasteiger partial charge in [-0.15, -0.1) is 0 Å². The van der Waals surface area contributed by atoms with Gasteiger partial charge in [0.2, 0.25) is 0 Å². The lowest BCUT2D eigenvalue weighted by atomic mass is 9.96. The first-order valence-electron chi connectivity index (χ1n) is 7.18. The van der Waals surface area contributed by atoms with Crippen LogP contribution in [0.1, 0.15) is 29.9 Å². The van der Waals surface area contributed by atoms with E-state index in [0.29, 0.717) is 12.1 Å². The fourth-order valence-corrected chi connectivity index (χ4v) is 2.05. The smallest absolute Gasteiger partial charge is 0.271 e. The van der Waals surface area contributed by atoms with E-state index in [1.807, 2.05) is 0 Å². The van der Waals surface area contributed by atoms with Gasteiger partial charge in [0.1, 0.15) is 17.1 Å². The number of aliphatic hydroxyl groups is 1. The molecule has 0 radical (unpaired) electrons. The maximum atomic E-state index is 12.9. The number of aromatic nitrogens is 2. The quantitative estimate of drug-likeness (QED) is 0.862. The molecule has 0 saturated heterocycles. The number of nitrogens with one attached hydrogen (secondary N) is 1. The average molecular weight is 319 g/mol. The first kappa shape index (κ1) is 16.8. The van der Waals surface area contributed by atoms with E-state index in [4.69, 9.17) is 0 Å². The van der Waals surface area contributed by atoms with Crippen molar-refractivity contribution < 1.29 is 14.3 Å². The molecule has 23 heavy (non-hydrogen) atoms. The van der Waals surface area contributed by atoms with Gasteiger partial charge in [-0.3, -0.25) is 9.59 Å².